The van der Waals surface area contributed by atoms with Crippen molar-refractivity contribution in [3.8, 4) is 22.7 Å². The first kappa shape index (κ1) is 25.8. The molecule has 6 rings (SSSR count). The number of hydrogen-bond donors (Lipinski definition) is 1. The number of hydrogen-bond acceptors (Lipinski definition) is 6. The highest BCUT2D eigenvalue weighted by molar-refractivity contribution is 7.93. The molecular formula is C30H29N6O3S+. The van der Waals surface area contributed by atoms with Crippen LogP contribution in [-0.2, 0) is 22.6 Å². The molecular weight excluding hydrogens is 524 g/mol. The summed E-state index contributed by atoms with van der Waals surface area (Å²) in [4.78, 5) is 19.1. The summed E-state index contributed by atoms with van der Waals surface area (Å²) >= 11 is -1.48. The molecule has 0 saturated heterocycles. The first-order valence-electron chi connectivity index (χ1n) is 13.0. The minimum Gasteiger partial charge on any atom is -0.495 e. The summed E-state index contributed by atoms with van der Waals surface area (Å²) in [6.45, 7) is 3.93. The fraction of sp³-hybridized carbons (Fsp3) is 0.200. The number of ether oxygens (including phenoxy) is 1. The Labute approximate surface area is 235 Å². The smallest absolute Gasteiger partial charge is 0.313 e. The van der Waals surface area contributed by atoms with E-state index in [4.69, 9.17) is 4.74 Å². The summed E-state index contributed by atoms with van der Waals surface area (Å²) in [5.41, 5.74) is 6.01. The van der Waals surface area contributed by atoms with E-state index in [-0.39, 0.29) is 5.91 Å². The molecule has 1 amide bonds. The van der Waals surface area contributed by atoms with Crippen LogP contribution in [-0.4, -0.2) is 42.1 Å². The summed E-state index contributed by atoms with van der Waals surface area (Å²) < 4.78 is 22.2. The Hall–Kier alpha value is -4.41. The van der Waals surface area contributed by atoms with E-state index >= 15 is 0 Å². The number of aryl methyl sites for hydroxylation is 3. The number of para-hydroxylation sites is 1. The molecule has 1 N–H and O–H groups in total. The maximum atomic E-state index is 14.1. The van der Waals surface area contributed by atoms with Gasteiger partial charge >= 0.3 is 11.4 Å². The van der Waals surface area contributed by atoms with Crippen molar-refractivity contribution < 1.29 is 14.1 Å². The average molecular weight is 554 g/mol. The van der Waals surface area contributed by atoms with Crippen molar-refractivity contribution in [3.63, 3.8) is 0 Å². The van der Waals surface area contributed by atoms with E-state index in [0.717, 1.165) is 33.8 Å². The van der Waals surface area contributed by atoms with Gasteiger partial charge in [-0.1, -0.05) is 51.5 Å². The number of carbonyl (C=O) groups excluding carboxylic acids is 1. The quantitative estimate of drug-likeness (QED) is 0.285. The van der Waals surface area contributed by atoms with Crippen LogP contribution >= 0.6 is 0 Å². The third kappa shape index (κ3) is 4.76. The maximum Gasteiger partial charge on any atom is 0.313 e. The molecule has 1 aliphatic rings. The van der Waals surface area contributed by atoms with Gasteiger partial charge in [0.15, 0.2) is 0 Å². The van der Waals surface area contributed by atoms with Crippen molar-refractivity contribution in [2.75, 3.05) is 11.4 Å². The van der Waals surface area contributed by atoms with Gasteiger partial charge in [-0.2, -0.15) is 4.55 Å². The topological polar surface area (TPSA) is 98.3 Å². The third-order valence-corrected chi connectivity index (χ3v) is 8.50. The summed E-state index contributed by atoms with van der Waals surface area (Å²) in [7, 11) is 1.62. The number of nitrogens with zero attached hydrogens (tertiary/aromatic N) is 6. The Balaban J connectivity index is 1.34. The van der Waals surface area contributed by atoms with E-state index in [9.17, 15) is 9.35 Å². The number of imidazole rings is 1. The van der Waals surface area contributed by atoms with Crippen molar-refractivity contribution in [1.82, 2.24) is 24.5 Å². The SMILES string of the molecule is COc1cc(-c2cn(C3CCc4ccccc4N([S+](O)c4ccc(C)cc4)C3=O)nn2)ccc1-n1cnc(C)c1. The fourth-order valence-corrected chi connectivity index (χ4v) is 6.19. The zero-order valence-corrected chi connectivity index (χ0v) is 23.2. The van der Waals surface area contributed by atoms with E-state index in [1.165, 1.54) is 4.31 Å². The standard InChI is InChI=1S/C30H29N6O3S/c1-20-8-12-24(13-9-20)40(38)36-26-7-5-4-6-22(26)10-15-28(30(36)37)35-18-25(32-33-35)23-11-14-27(29(16-23)39-3)34-17-21(2)31-19-34/h4-9,11-14,16-19,28,38H,10,15H2,1-3H3/q+1. The van der Waals surface area contributed by atoms with Gasteiger partial charge in [-0.3, -0.25) is 4.79 Å². The van der Waals surface area contributed by atoms with Crippen LogP contribution in [0.1, 0.15) is 29.3 Å². The molecule has 0 bridgehead atoms. The van der Waals surface area contributed by atoms with Crippen molar-refractivity contribution in [2.24, 2.45) is 0 Å². The van der Waals surface area contributed by atoms with E-state index in [0.29, 0.717) is 29.2 Å². The average Bonchev–Trinajstić information content (AvgIpc) is 3.60. The molecule has 10 heteroatoms. The van der Waals surface area contributed by atoms with Gasteiger partial charge < -0.3 is 9.30 Å². The molecule has 5 aromatic rings. The largest absolute Gasteiger partial charge is 0.495 e. The van der Waals surface area contributed by atoms with Crippen LogP contribution in [0.4, 0.5) is 5.69 Å². The molecule has 2 atom stereocenters. The molecule has 202 valence electrons. The number of aromatic nitrogens is 5. The van der Waals surface area contributed by atoms with Crippen LogP contribution < -0.4 is 9.04 Å². The van der Waals surface area contributed by atoms with Crippen molar-refractivity contribution >= 4 is 23.0 Å². The molecule has 0 aliphatic carbocycles. The molecule has 0 radical (unpaired) electrons. The van der Waals surface area contributed by atoms with Gasteiger partial charge in [0, 0.05) is 11.8 Å². The molecule has 2 aromatic heterocycles. The lowest BCUT2D eigenvalue weighted by molar-refractivity contribution is -0.120. The van der Waals surface area contributed by atoms with Gasteiger partial charge in [-0.25, -0.2) is 9.67 Å². The molecule has 3 aromatic carbocycles. The number of benzene rings is 3. The van der Waals surface area contributed by atoms with Crippen LogP contribution in [0.2, 0.25) is 0 Å². The number of rotatable bonds is 6. The lowest BCUT2D eigenvalue weighted by Crippen LogP contribution is -2.41. The fourth-order valence-electron chi connectivity index (χ4n) is 4.94. The second-order valence-corrected chi connectivity index (χ2v) is 11.2. The molecule has 0 fully saturated rings. The van der Waals surface area contributed by atoms with E-state index in [1.807, 2.05) is 91.3 Å². The molecule has 0 saturated carbocycles. The van der Waals surface area contributed by atoms with Crippen molar-refractivity contribution in [3.05, 3.63) is 102 Å². The highest BCUT2D eigenvalue weighted by Crippen LogP contribution is 2.36. The first-order chi connectivity index (χ1) is 19.4. The Morgan fingerprint density at radius 1 is 1.00 bits per heavy atom. The van der Waals surface area contributed by atoms with Crippen LogP contribution in [0.15, 0.2) is 90.3 Å². The molecule has 40 heavy (non-hydrogen) atoms. The van der Waals surface area contributed by atoms with E-state index in [2.05, 4.69) is 15.3 Å². The Morgan fingerprint density at radius 2 is 1.80 bits per heavy atom. The van der Waals surface area contributed by atoms with Crippen LogP contribution in [0.5, 0.6) is 5.75 Å². The molecule has 2 unspecified atom stereocenters. The molecule has 3 heterocycles. The van der Waals surface area contributed by atoms with Gasteiger partial charge in [0.2, 0.25) is 4.90 Å². The number of anilines is 1. The normalized spacial score (nSPS) is 15.9. The second-order valence-electron chi connectivity index (χ2n) is 9.79. The summed E-state index contributed by atoms with van der Waals surface area (Å²) in [5, 5.41) is 8.78. The Morgan fingerprint density at radius 3 is 2.55 bits per heavy atom. The lowest BCUT2D eigenvalue weighted by atomic mass is 10.1. The predicted octanol–water partition coefficient (Wildman–Crippen LogP) is 5.34. The molecule has 0 spiro atoms. The van der Waals surface area contributed by atoms with Crippen LogP contribution in [0.3, 0.4) is 0 Å². The predicted molar refractivity (Wildman–Crippen MR) is 155 cm³/mol. The number of fused-ring (bicyclic) bond motifs is 1. The molecule has 9 nitrogen and oxygen atoms in total. The minimum absolute atomic E-state index is 0.226. The minimum atomic E-state index is -1.48. The highest BCUT2D eigenvalue weighted by Gasteiger charge is 2.44. The zero-order chi connectivity index (χ0) is 27.8. The number of carbonyl (C=O) groups is 1. The van der Waals surface area contributed by atoms with Crippen molar-refractivity contribution in [2.45, 2.75) is 37.6 Å². The Kier molecular flexibility index (Phi) is 6.87. The molecule has 1 aliphatic heterocycles. The van der Waals surface area contributed by atoms with Gasteiger partial charge in [0.05, 0.1) is 31.0 Å². The lowest BCUT2D eigenvalue weighted by Gasteiger charge is -2.20. The summed E-state index contributed by atoms with van der Waals surface area (Å²) in [6, 6.07) is 20.5. The first-order valence-corrected chi connectivity index (χ1v) is 14.1. The zero-order valence-electron chi connectivity index (χ0n) is 22.4. The maximum absolute atomic E-state index is 14.1. The van der Waals surface area contributed by atoms with Gasteiger partial charge in [0.25, 0.3) is 5.91 Å². The third-order valence-electron chi connectivity index (χ3n) is 7.08. The highest BCUT2D eigenvalue weighted by atomic mass is 32.2. The van der Waals surface area contributed by atoms with E-state index in [1.54, 1.807) is 24.3 Å². The summed E-state index contributed by atoms with van der Waals surface area (Å²) in [5.74, 6) is 0.440. The monoisotopic (exact) mass is 553 g/mol. The van der Waals surface area contributed by atoms with Crippen LogP contribution in [0, 0.1) is 13.8 Å². The van der Waals surface area contributed by atoms with Crippen LogP contribution in [0.25, 0.3) is 16.9 Å². The number of methoxy groups -OCH3 is 1. The van der Waals surface area contributed by atoms with Crippen molar-refractivity contribution in [1.29, 1.82) is 0 Å². The van der Waals surface area contributed by atoms with Gasteiger partial charge in [-0.15, -0.1) is 5.10 Å². The van der Waals surface area contributed by atoms with E-state index < -0.39 is 17.4 Å². The van der Waals surface area contributed by atoms with Gasteiger partial charge in [-0.05, 0) is 62.6 Å². The second kappa shape index (κ2) is 10.6. The Bertz CT molecular complexity index is 1680. The van der Waals surface area contributed by atoms with Gasteiger partial charge in [0.1, 0.15) is 23.2 Å². The number of amides is 1. The summed E-state index contributed by atoms with van der Waals surface area (Å²) in [6.07, 6.45) is 6.66.